The lowest BCUT2D eigenvalue weighted by Crippen LogP contribution is -2.30. The zero-order valence-corrected chi connectivity index (χ0v) is 45.9. The van der Waals surface area contributed by atoms with Crippen LogP contribution in [0.25, 0.3) is 0 Å². The first-order valence-corrected chi connectivity index (χ1v) is 29.0. The van der Waals surface area contributed by atoms with Crippen LogP contribution in [-0.4, -0.2) is 37.2 Å². The zero-order valence-electron chi connectivity index (χ0n) is 45.9. The first-order valence-electron chi connectivity index (χ1n) is 29.0. The minimum Gasteiger partial charge on any atom is -0.462 e. The van der Waals surface area contributed by atoms with Crippen LogP contribution in [0.2, 0.25) is 0 Å². The van der Waals surface area contributed by atoms with Crippen molar-refractivity contribution in [3.63, 3.8) is 0 Å². The van der Waals surface area contributed by atoms with Gasteiger partial charge in [0.15, 0.2) is 6.10 Å². The molecule has 6 heteroatoms. The molecular formula is C65H106O6. The van der Waals surface area contributed by atoms with Crippen molar-refractivity contribution in [2.75, 3.05) is 13.2 Å². The third-order valence-electron chi connectivity index (χ3n) is 11.9. The maximum atomic E-state index is 12.8. The maximum absolute atomic E-state index is 12.8. The molecule has 1 unspecified atom stereocenters. The van der Waals surface area contributed by atoms with Crippen molar-refractivity contribution in [1.29, 1.82) is 0 Å². The molecule has 0 radical (unpaired) electrons. The second-order valence-corrected chi connectivity index (χ2v) is 18.8. The number of rotatable bonds is 51. The average Bonchev–Trinajstić information content (AvgIpc) is 3.37. The Labute approximate surface area is 437 Å². The van der Waals surface area contributed by atoms with Gasteiger partial charge in [-0.15, -0.1) is 0 Å². The molecule has 0 aliphatic heterocycles. The Morgan fingerprint density at radius 3 is 0.901 bits per heavy atom. The van der Waals surface area contributed by atoms with Gasteiger partial charge < -0.3 is 14.2 Å². The van der Waals surface area contributed by atoms with Crippen LogP contribution in [0.1, 0.15) is 252 Å². The first-order chi connectivity index (χ1) is 35.0. The van der Waals surface area contributed by atoms with Gasteiger partial charge in [-0.3, -0.25) is 14.4 Å². The predicted octanol–water partition coefficient (Wildman–Crippen LogP) is 19.6. The highest BCUT2D eigenvalue weighted by molar-refractivity contribution is 5.71. The number of carbonyl (C=O) groups excluding carboxylic acids is 3. The average molecular weight is 984 g/mol. The second-order valence-electron chi connectivity index (χ2n) is 18.8. The van der Waals surface area contributed by atoms with Gasteiger partial charge in [0.25, 0.3) is 0 Å². The van der Waals surface area contributed by atoms with E-state index in [9.17, 15) is 14.4 Å². The van der Waals surface area contributed by atoms with E-state index in [0.717, 1.165) is 122 Å². The van der Waals surface area contributed by atoms with Crippen molar-refractivity contribution in [3.05, 3.63) is 122 Å². The van der Waals surface area contributed by atoms with Crippen LogP contribution in [-0.2, 0) is 28.6 Å². The van der Waals surface area contributed by atoms with Crippen molar-refractivity contribution in [3.8, 4) is 0 Å². The van der Waals surface area contributed by atoms with Gasteiger partial charge in [-0.1, -0.05) is 232 Å². The summed E-state index contributed by atoms with van der Waals surface area (Å²) < 4.78 is 16.8. The number of unbranched alkanes of at least 4 members (excludes halogenated alkanes) is 20. The Hall–Kier alpha value is -4.19. The van der Waals surface area contributed by atoms with Crippen LogP contribution >= 0.6 is 0 Å². The van der Waals surface area contributed by atoms with Crippen LogP contribution < -0.4 is 0 Å². The number of allylic oxidation sites excluding steroid dienone is 20. The zero-order chi connectivity index (χ0) is 51.4. The van der Waals surface area contributed by atoms with Gasteiger partial charge >= 0.3 is 17.9 Å². The molecule has 0 amide bonds. The van der Waals surface area contributed by atoms with Gasteiger partial charge in [-0.2, -0.15) is 0 Å². The third-order valence-corrected chi connectivity index (χ3v) is 11.9. The summed E-state index contributed by atoms with van der Waals surface area (Å²) in [6.45, 7) is 6.32. The first kappa shape index (κ1) is 66.8. The Balaban J connectivity index is 4.31. The molecule has 0 aromatic rings. The summed E-state index contributed by atoms with van der Waals surface area (Å²) in [5, 5.41) is 0. The topological polar surface area (TPSA) is 78.9 Å². The lowest BCUT2D eigenvalue weighted by Gasteiger charge is -2.18. The van der Waals surface area contributed by atoms with Crippen molar-refractivity contribution < 1.29 is 28.6 Å². The summed E-state index contributed by atoms with van der Waals surface area (Å²) in [5.41, 5.74) is 0. The molecule has 0 bridgehead atoms. The predicted molar refractivity (Wildman–Crippen MR) is 306 cm³/mol. The highest BCUT2D eigenvalue weighted by Crippen LogP contribution is 2.15. The van der Waals surface area contributed by atoms with Crippen LogP contribution in [0.15, 0.2) is 122 Å². The number of hydrogen-bond donors (Lipinski definition) is 0. The molecule has 0 rings (SSSR count). The maximum Gasteiger partial charge on any atom is 0.306 e. The lowest BCUT2D eigenvalue weighted by atomic mass is 10.0. The lowest BCUT2D eigenvalue weighted by molar-refractivity contribution is -0.167. The van der Waals surface area contributed by atoms with E-state index in [4.69, 9.17) is 14.2 Å². The summed E-state index contributed by atoms with van der Waals surface area (Å²) in [4.78, 5) is 38.1. The van der Waals surface area contributed by atoms with Gasteiger partial charge in [0.05, 0.1) is 0 Å². The van der Waals surface area contributed by atoms with Crippen LogP contribution in [0.5, 0.6) is 0 Å². The van der Waals surface area contributed by atoms with Crippen molar-refractivity contribution in [2.24, 2.45) is 0 Å². The Kier molecular flexibility index (Phi) is 54.9. The highest BCUT2D eigenvalue weighted by Gasteiger charge is 2.19. The van der Waals surface area contributed by atoms with Crippen molar-refractivity contribution >= 4 is 17.9 Å². The van der Waals surface area contributed by atoms with E-state index >= 15 is 0 Å². The Bertz CT molecular complexity index is 1500. The van der Waals surface area contributed by atoms with E-state index in [1.807, 2.05) is 0 Å². The quantitative estimate of drug-likeness (QED) is 0.0261. The molecule has 0 aromatic heterocycles. The molecule has 1 atom stereocenters. The molecule has 0 aliphatic rings. The minimum absolute atomic E-state index is 0.101. The molecule has 0 heterocycles. The normalized spacial score (nSPS) is 13.0. The molecular weight excluding hydrogens is 877 g/mol. The van der Waals surface area contributed by atoms with Gasteiger partial charge in [-0.25, -0.2) is 0 Å². The molecule has 0 N–H and O–H groups in total. The largest absolute Gasteiger partial charge is 0.462 e. The molecule has 0 aliphatic carbocycles. The monoisotopic (exact) mass is 983 g/mol. The number of ether oxygens (including phenoxy) is 3. The molecule has 71 heavy (non-hydrogen) atoms. The fourth-order valence-corrected chi connectivity index (χ4v) is 7.62. The van der Waals surface area contributed by atoms with Gasteiger partial charge in [0, 0.05) is 19.3 Å². The van der Waals surface area contributed by atoms with Crippen molar-refractivity contribution in [1.82, 2.24) is 0 Å². The standard InChI is InChI=1S/C65H106O6/c1-4-7-10-13-16-19-22-24-26-27-28-29-30-31-32-33-34-35-36-37-39-40-43-46-49-52-55-58-64(67)70-61-62(60-69-63(66)57-54-51-48-45-42-21-18-15-12-9-6-3)71-65(68)59-56-53-50-47-44-41-38-25-23-20-17-14-11-8-5-2/h7-8,10-11,15-20,24-26,28-29,31-32,38,44,47,62H,4-6,9,12-14,21-23,27,30,33-37,39-43,45-46,48-61H2,1-3H3/b10-7-,11-8-,18-15-,19-16-,20-17-,26-24-,29-28-,32-31-,38-25-,47-44-. The van der Waals surface area contributed by atoms with E-state index in [1.54, 1.807) is 0 Å². The van der Waals surface area contributed by atoms with Crippen LogP contribution in [0.4, 0.5) is 0 Å². The van der Waals surface area contributed by atoms with Gasteiger partial charge in [0.1, 0.15) is 13.2 Å². The third kappa shape index (κ3) is 56.6. The molecule has 0 saturated carbocycles. The molecule has 0 aromatic carbocycles. The molecule has 0 spiro atoms. The molecule has 402 valence electrons. The molecule has 0 saturated heterocycles. The van der Waals surface area contributed by atoms with Crippen LogP contribution in [0, 0.1) is 0 Å². The fraction of sp³-hybridized carbons (Fsp3) is 0.646. The number of esters is 3. The van der Waals surface area contributed by atoms with E-state index in [0.29, 0.717) is 19.3 Å². The Morgan fingerprint density at radius 1 is 0.296 bits per heavy atom. The smallest absolute Gasteiger partial charge is 0.306 e. The summed E-state index contributed by atoms with van der Waals surface area (Å²) >= 11 is 0. The highest BCUT2D eigenvalue weighted by atomic mass is 16.6. The Morgan fingerprint density at radius 2 is 0.549 bits per heavy atom. The number of hydrogen-bond acceptors (Lipinski definition) is 6. The van der Waals surface area contributed by atoms with Gasteiger partial charge in [0.2, 0.25) is 0 Å². The van der Waals surface area contributed by atoms with E-state index < -0.39 is 6.10 Å². The van der Waals surface area contributed by atoms with E-state index in [-0.39, 0.29) is 37.5 Å². The summed E-state index contributed by atoms with van der Waals surface area (Å²) in [6.07, 6.45) is 80.6. The number of carbonyl (C=O) groups is 3. The molecule has 6 nitrogen and oxygen atoms in total. The summed E-state index contributed by atoms with van der Waals surface area (Å²) in [5.74, 6) is -0.958. The summed E-state index contributed by atoms with van der Waals surface area (Å²) in [7, 11) is 0. The minimum atomic E-state index is -0.806. The van der Waals surface area contributed by atoms with Gasteiger partial charge in [-0.05, 0) is 122 Å². The molecule has 0 fully saturated rings. The van der Waals surface area contributed by atoms with Crippen LogP contribution in [0.3, 0.4) is 0 Å². The summed E-state index contributed by atoms with van der Waals surface area (Å²) in [6, 6.07) is 0. The van der Waals surface area contributed by atoms with E-state index in [1.165, 1.54) is 83.5 Å². The second kappa shape index (κ2) is 58.4. The fourth-order valence-electron chi connectivity index (χ4n) is 7.62. The van der Waals surface area contributed by atoms with Crippen molar-refractivity contribution in [2.45, 2.75) is 258 Å². The van der Waals surface area contributed by atoms with E-state index in [2.05, 4.69) is 142 Å². The SMILES string of the molecule is CC/C=C\C/C=C\C/C=C\C/C=C\C/C=C\CCCCCCCCCCCCCC(=O)OCC(COC(=O)CCCCCCC/C=C\CCCC)OC(=O)CCCC/C=C\C/C=C\C/C=C\C/C=C\CC.